The van der Waals surface area contributed by atoms with Crippen LogP contribution in [0.15, 0.2) is 0 Å². The van der Waals surface area contributed by atoms with Gasteiger partial charge in [-0.2, -0.15) is 0 Å². The SMILES string of the molecule is CC1CCCN1C(=O)N1CCC(OCCC(=O)O)CC1. The van der Waals surface area contributed by atoms with E-state index in [1.807, 2.05) is 9.80 Å². The average Bonchev–Trinajstić information content (AvgIpc) is 2.84. The summed E-state index contributed by atoms with van der Waals surface area (Å²) in [7, 11) is 0. The van der Waals surface area contributed by atoms with E-state index in [2.05, 4.69) is 6.92 Å². The Morgan fingerprint density at radius 1 is 1.20 bits per heavy atom. The Morgan fingerprint density at radius 3 is 2.45 bits per heavy atom. The fourth-order valence-corrected chi connectivity index (χ4v) is 2.93. The smallest absolute Gasteiger partial charge is 0.320 e. The second kappa shape index (κ2) is 6.92. The normalized spacial score (nSPS) is 24.1. The number of nitrogens with zero attached hydrogens (tertiary/aromatic N) is 2. The van der Waals surface area contributed by atoms with Crippen molar-refractivity contribution in [3.05, 3.63) is 0 Å². The van der Waals surface area contributed by atoms with E-state index in [1.54, 1.807) is 0 Å². The molecule has 20 heavy (non-hydrogen) atoms. The maximum absolute atomic E-state index is 12.4. The van der Waals surface area contributed by atoms with Crippen molar-refractivity contribution in [2.45, 2.75) is 51.2 Å². The monoisotopic (exact) mass is 284 g/mol. The first-order valence-electron chi connectivity index (χ1n) is 7.47. The van der Waals surface area contributed by atoms with Crippen molar-refractivity contribution in [2.75, 3.05) is 26.2 Å². The number of hydrogen-bond acceptors (Lipinski definition) is 3. The fourth-order valence-electron chi connectivity index (χ4n) is 2.93. The first-order chi connectivity index (χ1) is 9.58. The molecule has 2 amide bonds. The Kier molecular flexibility index (Phi) is 5.23. The minimum Gasteiger partial charge on any atom is -0.481 e. The van der Waals surface area contributed by atoms with Gasteiger partial charge in [0.15, 0.2) is 0 Å². The molecule has 1 atom stereocenters. The summed E-state index contributed by atoms with van der Waals surface area (Å²) < 4.78 is 5.54. The number of carboxylic acids is 1. The van der Waals surface area contributed by atoms with Gasteiger partial charge in [-0.1, -0.05) is 0 Å². The lowest BCUT2D eigenvalue weighted by Crippen LogP contribution is -2.48. The lowest BCUT2D eigenvalue weighted by atomic mass is 10.1. The first kappa shape index (κ1) is 15.1. The van der Waals surface area contributed by atoms with Crippen LogP contribution >= 0.6 is 0 Å². The van der Waals surface area contributed by atoms with Gasteiger partial charge in [-0.15, -0.1) is 0 Å². The fraction of sp³-hybridized carbons (Fsp3) is 0.857. The quantitative estimate of drug-likeness (QED) is 0.850. The van der Waals surface area contributed by atoms with Crippen molar-refractivity contribution in [3.63, 3.8) is 0 Å². The molecule has 1 N–H and O–H groups in total. The summed E-state index contributed by atoms with van der Waals surface area (Å²) in [6.45, 7) is 4.65. The van der Waals surface area contributed by atoms with Gasteiger partial charge in [0.2, 0.25) is 0 Å². The molecule has 0 saturated carbocycles. The maximum atomic E-state index is 12.4. The average molecular weight is 284 g/mol. The van der Waals surface area contributed by atoms with Crippen LogP contribution in [0.2, 0.25) is 0 Å². The Balaban J connectivity index is 1.71. The number of urea groups is 1. The molecule has 2 rings (SSSR count). The van der Waals surface area contributed by atoms with Gasteiger partial charge in [0.25, 0.3) is 0 Å². The van der Waals surface area contributed by atoms with Crippen LogP contribution in [-0.2, 0) is 9.53 Å². The van der Waals surface area contributed by atoms with Crippen LogP contribution in [-0.4, -0.2) is 65.3 Å². The highest BCUT2D eigenvalue weighted by Crippen LogP contribution is 2.21. The van der Waals surface area contributed by atoms with Gasteiger partial charge < -0.3 is 19.6 Å². The molecular weight excluding hydrogens is 260 g/mol. The van der Waals surface area contributed by atoms with Gasteiger partial charge in [-0.05, 0) is 32.6 Å². The van der Waals surface area contributed by atoms with Crippen LogP contribution in [0.25, 0.3) is 0 Å². The molecule has 0 aliphatic carbocycles. The molecule has 2 saturated heterocycles. The Morgan fingerprint density at radius 2 is 1.90 bits per heavy atom. The molecule has 6 heteroatoms. The number of likely N-dealkylation sites (tertiary alicyclic amines) is 2. The molecule has 0 radical (unpaired) electrons. The van der Waals surface area contributed by atoms with Gasteiger partial charge in [0.1, 0.15) is 0 Å². The number of carbonyl (C=O) groups is 2. The van der Waals surface area contributed by atoms with Crippen LogP contribution < -0.4 is 0 Å². The Labute approximate surface area is 119 Å². The van der Waals surface area contributed by atoms with E-state index < -0.39 is 5.97 Å². The molecule has 0 aromatic carbocycles. The number of carboxylic acid groups (broad SMARTS) is 1. The molecular formula is C14H24N2O4. The molecule has 2 aliphatic heterocycles. The van der Waals surface area contributed by atoms with Gasteiger partial charge in [0.05, 0.1) is 19.1 Å². The highest BCUT2D eigenvalue weighted by Gasteiger charge is 2.31. The van der Waals surface area contributed by atoms with Crippen molar-refractivity contribution in [1.82, 2.24) is 9.80 Å². The lowest BCUT2D eigenvalue weighted by molar-refractivity contribution is -0.138. The highest BCUT2D eigenvalue weighted by molar-refractivity contribution is 5.75. The summed E-state index contributed by atoms with van der Waals surface area (Å²) in [4.78, 5) is 26.6. The maximum Gasteiger partial charge on any atom is 0.320 e. The third kappa shape index (κ3) is 3.85. The van der Waals surface area contributed by atoms with E-state index in [4.69, 9.17) is 9.84 Å². The molecule has 0 aromatic rings. The van der Waals surface area contributed by atoms with Crippen molar-refractivity contribution in [3.8, 4) is 0 Å². The Hall–Kier alpha value is -1.30. The molecule has 2 fully saturated rings. The zero-order valence-electron chi connectivity index (χ0n) is 12.1. The molecule has 6 nitrogen and oxygen atoms in total. The van der Waals surface area contributed by atoms with Crippen LogP contribution in [0.5, 0.6) is 0 Å². The standard InChI is InChI=1S/C14H24N2O4/c1-11-3-2-7-16(11)14(19)15-8-4-12(5-9-15)20-10-6-13(17)18/h11-12H,2-10H2,1H3,(H,17,18). The van der Waals surface area contributed by atoms with Crippen LogP contribution in [0.4, 0.5) is 4.79 Å². The number of carbonyl (C=O) groups excluding carboxylic acids is 1. The van der Waals surface area contributed by atoms with Gasteiger partial charge in [-0.25, -0.2) is 4.79 Å². The minimum atomic E-state index is -0.833. The first-order valence-corrected chi connectivity index (χ1v) is 7.47. The van der Waals surface area contributed by atoms with Crippen LogP contribution in [0.1, 0.15) is 39.0 Å². The van der Waals surface area contributed by atoms with Gasteiger partial charge in [-0.3, -0.25) is 4.79 Å². The molecule has 114 valence electrons. The second-order valence-corrected chi connectivity index (χ2v) is 5.67. The minimum absolute atomic E-state index is 0.0461. The summed E-state index contributed by atoms with van der Waals surface area (Å²) in [5, 5.41) is 8.57. The molecule has 0 spiro atoms. The molecule has 1 unspecified atom stereocenters. The number of amides is 2. The van der Waals surface area contributed by atoms with Gasteiger partial charge >= 0.3 is 12.0 Å². The predicted octanol–water partition coefficient (Wildman–Crippen LogP) is 1.55. The third-order valence-corrected chi connectivity index (χ3v) is 4.18. The molecule has 2 heterocycles. The lowest BCUT2D eigenvalue weighted by Gasteiger charge is -2.35. The van der Waals surface area contributed by atoms with Crippen LogP contribution in [0, 0.1) is 0 Å². The van der Waals surface area contributed by atoms with E-state index in [9.17, 15) is 9.59 Å². The number of ether oxygens (including phenoxy) is 1. The zero-order valence-corrected chi connectivity index (χ0v) is 12.1. The topological polar surface area (TPSA) is 70.1 Å². The molecule has 2 aliphatic rings. The van der Waals surface area contributed by atoms with Gasteiger partial charge in [0, 0.05) is 25.7 Å². The number of hydrogen-bond donors (Lipinski definition) is 1. The summed E-state index contributed by atoms with van der Waals surface area (Å²) in [5.41, 5.74) is 0. The van der Waals surface area contributed by atoms with Crippen molar-refractivity contribution >= 4 is 12.0 Å². The van der Waals surface area contributed by atoms with Crippen molar-refractivity contribution in [1.29, 1.82) is 0 Å². The van der Waals surface area contributed by atoms with Crippen molar-refractivity contribution in [2.24, 2.45) is 0 Å². The van der Waals surface area contributed by atoms with E-state index in [0.29, 0.717) is 19.1 Å². The number of piperidine rings is 1. The molecule has 0 bridgehead atoms. The second-order valence-electron chi connectivity index (χ2n) is 5.67. The summed E-state index contributed by atoms with van der Waals surface area (Å²) in [6.07, 6.45) is 3.93. The van der Waals surface area contributed by atoms with E-state index in [0.717, 1.165) is 32.2 Å². The van der Waals surface area contributed by atoms with E-state index in [1.165, 1.54) is 0 Å². The Bertz CT molecular complexity index is 353. The van der Waals surface area contributed by atoms with E-state index in [-0.39, 0.29) is 25.2 Å². The van der Waals surface area contributed by atoms with E-state index >= 15 is 0 Å². The van der Waals surface area contributed by atoms with Crippen molar-refractivity contribution < 1.29 is 19.4 Å². The number of aliphatic carboxylic acids is 1. The predicted molar refractivity (Wildman–Crippen MR) is 73.6 cm³/mol. The third-order valence-electron chi connectivity index (χ3n) is 4.18. The van der Waals surface area contributed by atoms with Crippen LogP contribution in [0.3, 0.4) is 0 Å². The highest BCUT2D eigenvalue weighted by atomic mass is 16.5. The summed E-state index contributed by atoms with van der Waals surface area (Å²) in [6, 6.07) is 0.506. The zero-order chi connectivity index (χ0) is 14.5. The largest absolute Gasteiger partial charge is 0.481 e. The summed E-state index contributed by atoms with van der Waals surface area (Å²) >= 11 is 0. The molecule has 0 aromatic heterocycles. The number of rotatable bonds is 4. The summed E-state index contributed by atoms with van der Waals surface area (Å²) in [5.74, 6) is -0.833.